The van der Waals surface area contributed by atoms with Crippen LogP contribution in [0, 0.1) is 0 Å². The van der Waals surface area contributed by atoms with Crippen molar-refractivity contribution in [3.8, 4) is 5.75 Å². The fraction of sp³-hybridized carbons (Fsp3) is 0.263. The first-order chi connectivity index (χ1) is 11.6. The molecule has 2 N–H and O–H groups in total. The largest absolute Gasteiger partial charge is 0.497 e. The molecule has 0 saturated heterocycles. The van der Waals surface area contributed by atoms with Gasteiger partial charge in [0.2, 0.25) is 0 Å². The molecule has 5 nitrogen and oxygen atoms in total. The number of hydrogen-bond acceptors (Lipinski definition) is 3. The van der Waals surface area contributed by atoms with Crippen LogP contribution in [0.4, 0.5) is 4.79 Å². The maximum atomic E-state index is 12.2. The molecule has 0 saturated carbocycles. The minimum atomic E-state index is -1.13. The van der Waals surface area contributed by atoms with Crippen LogP contribution in [-0.2, 0) is 11.2 Å². The zero-order chi connectivity index (χ0) is 17.4. The maximum Gasteiger partial charge on any atom is 0.405 e. The molecule has 0 aromatic heterocycles. The van der Waals surface area contributed by atoms with Gasteiger partial charge in [0.1, 0.15) is 11.5 Å². The van der Waals surface area contributed by atoms with Crippen molar-refractivity contribution in [2.45, 2.75) is 25.3 Å². The molecule has 1 atom stereocenters. The van der Waals surface area contributed by atoms with Crippen LogP contribution in [0.25, 0.3) is 0 Å². The number of benzene rings is 2. The van der Waals surface area contributed by atoms with Gasteiger partial charge in [-0.25, -0.2) is 4.79 Å². The van der Waals surface area contributed by atoms with E-state index >= 15 is 0 Å². The topological polar surface area (TPSA) is 75.6 Å². The molecule has 24 heavy (non-hydrogen) atoms. The van der Waals surface area contributed by atoms with Gasteiger partial charge in [0.05, 0.1) is 13.2 Å². The van der Waals surface area contributed by atoms with E-state index in [-0.39, 0.29) is 12.2 Å². The van der Waals surface area contributed by atoms with Gasteiger partial charge in [-0.3, -0.25) is 4.79 Å². The summed E-state index contributed by atoms with van der Waals surface area (Å²) in [5.41, 5.74) is 1.84. The van der Waals surface area contributed by atoms with E-state index in [2.05, 4.69) is 5.32 Å². The van der Waals surface area contributed by atoms with E-state index in [0.717, 1.165) is 16.9 Å². The molecule has 2 aromatic rings. The Labute approximate surface area is 141 Å². The molecule has 5 heteroatoms. The zero-order valence-electron chi connectivity index (χ0n) is 13.6. The SMILES string of the molecule is COc1ccc(CCC(=O)C[C@@H](NC(=O)O)c2ccccc2)cc1. The number of aryl methyl sites for hydroxylation is 1. The third-order valence-corrected chi connectivity index (χ3v) is 3.78. The first-order valence-corrected chi connectivity index (χ1v) is 7.77. The Morgan fingerprint density at radius 3 is 2.33 bits per heavy atom. The van der Waals surface area contributed by atoms with Crippen LogP contribution in [0.2, 0.25) is 0 Å². The second kappa shape index (κ2) is 8.72. The summed E-state index contributed by atoms with van der Waals surface area (Å²) >= 11 is 0. The van der Waals surface area contributed by atoms with Gasteiger partial charge >= 0.3 is 6.09 Å². The van der Waals surface area contributed by atoms with E-state index in [4.69, 9.17) is 9.84 Å². The second-order valence-corrected chi connectivity index (χ2v) is 5.50. The lowest BCUT2D eigenvalue weighted by molar-refractivity contribution is -0.119. The average molecular weight is 327 g/mol. The van der Waals surface area contributed by atoms with E-state index in [9.17, 15) is 9.59 Å². The highest BCUT2D eigenvalue weighted by Gasteiger charge is 2.17. The van der Waals surface area contributed by atoms with E-state index < -0.39 is 12.1 Å². The summed E-state index contributed by atoms with van der Waals surface area (Å²) in [6.45, 7) is 0. The number of hydrogen-bond donors (Lipinski definition) is 2. The number of methoxy groups -OCH3 is 1. The number of carboxylic acid groups (broad SMARTS) is 1. The van der Waals surface area contributed by atoms with Crippen molar-refractivity contribution in [1.82, 2.24) is 5.32 Å². The van der Waals surface area contributed by atoms with Crippen LogP contribution in [-0.4, -0.2) is 24.1 Å². The van der Waals surface area contributed by atoms with Gasteiger partial charge in [-0.2, -0.15) is 0 Å². The molecule has 0 spiro atoms. The van der Waals surface area contributed by atoms with Gasteiger partial charge in [-0.05, 0) is 29.7 Å². The maximum absolute atomic E-state index is 12.2. The lowest BCUT2D eigenvalue weighted by Gasteiger charge is -2.16. The van der Waals surface area contributed by atoms with Crippen LogP contribution in [0.5, 0.6) is 5.75 Å². The lowest BCUT2D eigenvalue weighted by Crippen LogP contribution is -2.28. The highest BCUT2D eigenvalue weighted by Crippen LogP contribution is 2.19. The van der Waals surface area contributed by atoms with Gasteiger partial charge in [-0.1, -0.05) is 42.5 Å². The summed E-state index contributed by atoms with van der Waals surface area (Å²) in [5, 5.41) is 11.4. The molecule has 2 rings (SSSR count). The molecule has 0 aliphatic heterocycles. The quantitative estimate of drug-likeness (QED) is 0.777. The van der Waals surface area contributed by atoms with E-state index in [0.29, 0.717) is 12.8 Å². The highest BCUT2D eigenvalue weighted by molar-refractivity contribution is 5.80. The molecular formula is C19H21NO4. The summed E-state index contributed by atoms with van der Waals surface area (Å²) in [4.78, 5) is 23.2. The molecule has 0 fully saturated rings. The van der Waals surface area contributed by atoms with Gasteiger partial charge in [0, 0.05) is 12.8 Å². The molecule has 0 aliphatic rings. The Bertz CT molecular complexity index is 668. The van der Waals surface area contributed by atoms with E-state index in [1.54, 1.807) is 7.11 Å². The van der Waals surface area contributed by atoms with Crippen LogP contribution < -0.4 is 10.1 Å². The number of amides is 1. The number of carbonyl (C=O) groups excluding carboxylic acids is 1. The second-order valence-electron chi connectivity index (χ2n) is 5.50. The number of nitrogens with one attached hydrogen (secondary N) is 1. The van der Waals surface area contributed by atoms with Gasteiger partial charge in [0.15, 0.2) is 0 Å². The first-order valence-electron chi connectivity index (χ1n) is 7.77. The van der Waals surface area contributed by atoms with Gasteiger partial charge in [-0.15, -0.1) is 0 Å². The van der Waals surface area contributed by atoms with Gasteiger partial charge < -0.3 is 15.2 Å². The molecule has 0 bridgehead atoms. The van der Waals surface area contributed by atoms with Crippen molar-refractivity contribution < 1.29 is 19.4 Å². The Morgan fingerprint density at radius 1 is 1.08 bits per heavy atom. The fourth-order valence-electron chi connectivity index (χ4n) is 2.49. The molecule has 1 amide bonds. The molecule has 126 valence electrons. The van der Waals surface area contributed by atoms with Crippen molar-refractivity contribution in [1.29, 1.82) is 0 Å². The molecule has 0 unspecified atom stereocenters. The van der Waals surface area contributed by atoms with Crippen LogP contribution >= 0.6 is 0 Å². The van der Waals surface area contributed by atoms with Crippen molar-refractivity contribution in [2.75, 3.05) is 7.11 Å². The first kappa shape index (κ1) is 17.5. The Balaban J connectivity index is 1.93. The molecule has 2 aromatic carbocycles. The summed E-state index contributed by atoms with van der Waals surface area (Å²) in [5.74, 6) is 0.799. The standard InChI is InChI=1S/C19H21NO4/c1-24-17-11-8-14(9-12-17)7-10-16(21)13-18(20-19(22)23)15-5-3-2-4-6-15/h2-6,8-9,11-12,18,20H,7,10,13H2,1H3,(H,22,23)/t18-/m1/s1. The third-order valence-electron chi connectivity index (χ3n) is 3.78. The normalized spacial score (nSPS) is 11.5. The third kappa shape index (κ3) is 5.43. The molecular weight excluding hydrogens is 306 g/mol. The molecule has 0 aliphatic carbocycles. The van der Waals surface area contributed by atoms with Crippen LogP contribution in [0.1, 0.15) is 30.0 Å². The number of Topliss-reactive ketones (excluding diaryl/α,β-unsaturated/α-hetero) is 1. The average Bonchev–Trinajstić information content (AvgIpc) is 2.60. The minimum absolute atomic E-state index is 0.0217. The summed E-state index contributed by atoms with van der Waals surface area (Å²) < 4.78 is 5.10. The smallest absolute Gasteiger partial charge is 0.405 e. The summed E-state index contributed by atoms with van der Waals surface area (Å²) in [7, 11) is 1.61. The monoisotopic (exact) mass is 327 g/mol. The van der Waals surface area contributed by atoms with Crippen LogP contribution in [0.3, 0.4) is 0 Å². The Kier molecular flexibility index (Phi) is 6.37. The lowest BCUT2D eigenvalue weighted by atomic mass is 9.98. The fourth-order valence-corrected chi connectivity index (χ4v) is 2.49. The van der Waals surface area contributed by atoms with Crippen molar-refractivity contribution in [3.63, 3.8) is 0 Å². The number of rotatable bonds is 8. The van der Waals surface area contributed by atoms with Crippen LogP contribution in [0.15, 0.2) is 54.6 Å². The van der Waals surface area contributed by atoms with E-state index in [1.807, 2.05) is 54.6 Å². The zero-order valence-corrected chi connectivity index (χ0v) is 13.6. The summed E-state index contributed by atoms with van der Waals surface area (Å²) in [6.07, 6.45) is 0.00713. The van der Waals surface area contributed by atoms with E-state index in [1.165, 1.54) is 0 Å². The minimum Gasteiger partial charge on any atom is -0.497 e. The predicted octanol–water partition coefficient (Wildman–Crippen LogP) is 3.60. The molecule has 0 radical (unpaired) electrons. The number of ketones is 1. The number of carbonyl (C=O) groups is 2. The van der Waals surface area contributed by atoms with Crippen molar-refractivity contribution in [3.05, 3.63) is 65.7 Å². The number of ether oxygens (including phenoxy) is 1. The Morgan fingerprint density at radius 2 is 1.75 bits per heavy atom. The highest BCUT2D eigenvalue weighted by atomic mass is 16.5. The van der Waals surface area contributed by atoms with Crippen molar-refractivity contribution >= 4 is 11.9 Å². The van der Waals surface area contributed by atoms with Gasteiger partial charge in [0.25, 0.3) is 0 Å². The molecule has 0 heterocycles. The predicted molar refractivity (Wildman–Crippen MR) is 91.3 cm³/mol. The summed E-state index contributed by atoms with van der Waals surface area (Å²) in [6, 6.07) is 16.2. The Hall–Kier alpha value is -2.82. The van der Waals surface area contributed by atoms with Crippen molar-refractivity contribution in [2.24, 2.45) is 0 Å².